The number of halogens is 1. The highest BCUT2D eigenvalue weighted by Crippen LogP contribution is 2.24. The topological polar surface area (TPSA) is 87.5 Å². The van der Waals surface area contributed by atoms with Crippen LogP contribution in [-0.2, 0) is 17.1 Å². The lowest BCUT2D eigenvalue weighted by molar-refractivity contribution is 0.0941. The molecule has 0 aliphatic carbocycles. The number of benzene rings is 2. The van der Waals surface area contributed by atoms with Crippen molar-refractivity contribution >= 4 is 27.5 Å². The van der Waals surface area contributed by atoms with Crippen LogP contribution in [0.15, 0.2) is 65.8 Å². The van der Waals surface area contributed by atoms with Crippen LogP contribution in [0.5, 0.6) is 0 Å². The molecule has 3 aromatic rings. The summed E-state index contributed by atoms with van der Waals surface area (Å²) in [5, 5.41) is 3.58. The first kappa shape index (κ1) is 23.4. The van der Waals surface area contributed by atoms with Gasteiger partial charge in [-0.05, 0) is 42.9 Å². The standard InChI is InChI=1S/C23H26ClN5O3S/c1-27-12-14-29(15-13-27)33(31,32)20-5-3-4-18(16-20)23(30)26-21(22-25-10-11-28(22)2)17-6-8-19(24)9-7-17/h3-11,16,21H,12-15H2,1-2H3,(H,26,30). The molecule has 1 aliphatic heterocycles. The molecule has 0 radical (unpaired) electrons. The van der Waals surface area contributed by atoms with Crippen LogP contribution in [-0.4, -0.2) is 66.3 Å². The zero-order chi connectivity index (χ0) is 23.6. The maximum Gasteiger partial charge on any atom is 0.252 e. The van der Waals surface area contributed by atoms with Gasteiger partial charge < -0.3 is 14.8 Å². The summed E-state index contributed by atoms with van der Waals surface area (Å²) >= 11 is 6.03. The number of piperazine rings is 1. The number of rotatable bonds is 6. The van der Waals surface area contributed by atoms with Gasteiger partial charge in [0.25, 0.3) is 5.91 Å². The number of hydrogen-bond donors (Lipinski definition) is 1. The van der Waals surface area contributed by atoms with Gasteiger partial charge in [-0.25, -0.2) is 13.4 Å². The van der Waals surface area contributed by atoms with Crippen molar-refractivity contribution in [1.82, 2.24) is 24.1 Å². The summed E-state index contributed by atoms with van der Waals surface area (Å²) in [5.74, 6) is 0.250. The van der Waals surface area contributed by atoms with Crippen LogP contribution in [0.1, 0.15) is 27.8 Å². The Bertz CT molecular complexity index is 1230. The molecule has 2 heterocycles. The van der Waals surface area contributed by atoms with Crippen molar-refractivity contribution in [2.24, 2.45) is 7.05 Å². The normalized spacial score (nSPS) is 16.5. The third-order valence-corrected chi connectivity index (χ3v) is 7.94. The van der Waals surface area contributed by atoms with E-state index < -0.39 is 22.0 Å². The van der Waals surface area contributed by atoms with Crippen LogP contribution in [0.4, 0.5) is 0 Å². The van der Waals surface area contributed by atoms with Gasteiger partial charge in [0.2, 0.25) is 10.0 Å². The molecule has 2 aromatic carbocycles. The first-order valence-electron chi connectivity index (χ1n) is 10.6. The summed E-state index contributed by atoms with van der Waals surface area (Å²) in [7, 11) is 0.132. The predicted molar refractivity (Wildman–Crippen MR) is 127 cm³/mol. The Morgan fingerprint density at radius 3 is 2.39 bits per heavy atom. The number of sulfonamides is 1. The molecule has 8 nitrogen and oxygen atoms in total. The smallest absolute Gasteiger partial charge is 0.252 e. The van der Waals surface area contributed by atoms with Crippen molar-refractivity contribution in [3.8, 4) is 0 Å². The Morgan fingerprint density at radius 2 is 1.76 bits per heavy atom. The first-order valence-corrected chi connectivity index (χ1v) is 12.4. The number of nitrogens with one attached hydrogen (secondary N) is 1. The van der Waals surface area contributed by atoms with Gasteiger partial charge in [0.15, 0.2) is 0 Å². The van der Waals surface area contributed by atoms with Crippen molar-refractivity contribution < 1.29 is 13.2 Å². The van der Waals surface area contributed by atoms with Gasteiger partial charge in [0.05, 0.1) is 4.90 Å². The number of likely N-dealkylation sites (N-methyl/N-ethyl adjacent to an activating group) is 1. The molecule has 174 valence electrons. The number of amides is 1. The summed E-state index contributed by atoms with van der Waals surface area (Å²) < 4.78 is 29.5. The van der Waals surface area contributed by atoms with Crippen LogP contribution in [0.25, 0.3) is 0 Å². The Hall–Kier alpha value is -2.72. The number of imidazole rings is 1. The quantitative estimate of drug-likeness (QED) is 0.577. The van der Waals surface area contributed by atoms with E-state index >= 15 is 0 Å². The van der Waals surface area contributed by atoms with Gasteiger partial charge >= 0.3 is 0 Å². The van der Waals surface area contributed by atoms with Gasteiger partial charge in [-0.1, -0.05) is 29.8 Å². The molecule has 1 amide bonds. The van der Waals surface area contributed by atoms with E-state index in [0.29, 0.717) is 37.0 Å². The highest BCUT2D eigenvalue weighted by Gasteiger charge is 2.28. The Labute approximate surface area is 198 Å². The minimum Gasteiger partial charge on any atom is -0.338 e. The monoisotopic (exact) mass is 487 g/mol. The second kappa shape index (κ2) is 9.64. The number of hydrogen-bond acceptors (Lipinski definition) is 5. The predicted octanol–water partition coefficient (Wildman–Crippen LogP) is 2.53. The molecule has 1 saturated heterocycles. The molecule has 1 unspecified atom stereocenters. The molecule has 4 rings (SSSR count). The fraction of sp³-hybridized carbons (Fsp3) is 0.304. The van der Waals surface area contributed by atoms with E-state index in [1.54, 1.807) is 36.7 Å². The fourth-order valence-electron chi connectivity index (χ4n) is 3.80. The lowest BCUT2D eigenvalue weighted by Gasteiger charge is -2.31. The summed E-state index contributed by atoms with van der Waals surface area (Å²) in [6.45, 7) is 2.19. The molecule has 1 atom stereocenters. The minimum absolute atomic E-state index is 0.111. The molecule has 1 aromatic heterocycles. The van der Waals surface area contributed by atoms with E-state index in [9.17, 15) is 13.2 Å². The van der Waals surface area contributed by atoms with E-state index in [1.165, 1.54) is 16.4 Å². The minimum atomic E-state index is -3.68. The van der Waals surface area contributed by atoms with Crippen molar-refractivity contribution in [2.45, 2.75) is 10.9 Å². The zero-order valence-corrected chi connectivity index (χ0v) is 20.1. The summed E-state index contributed by atoms with van der Waals surface area (Å²) in [4.78, 5) is 19.8. The Balaban J connectivity index is 1.60. The highest BCUT2D eigenvalue weighted by atomic mass is 35.5. The maximum atomic E-state index is 13.2. The molecule has 33 heavy (non-hydrogen) atoms. The first-order chi connectivity index (χ1) is 15.8. The molecule has 0 saturated carbocycles. The van der Waals surface area contributed by atoms with Crippen LogP contribution in [0.2, 0.25) is 5.02 Å². The average Bonchev–Trinajstić information content (AvgIpc) is 3.24. The summed E-state index contributed by atoms with van der Waals surface area (Å²) in [6, 6.07) is 12.8. The van der Waals surface area contributed by atoms with Crippen LogP contribution in [0.3, 0.4) is 0 Å². The highest BCUT2D eigenvalue weighted by molar-refractivity contribution is 7.89. The summed E-state index contributed by atoms with van der Waals surface area (Å²) in [5.41, 5.74) is 1.07. The van der Waals surface area contributed by atoms with Gasteiger partial charge in [-0.2, -0.15) is 4.31 Å². The van der Waals surface area contributed by atoms with E-state index in [1.807, 2.05) is 30.8 Å². The van der Waals surface area contributed by atoms with Gasteiger partial charge in [0, 0.05) is 56.2 Å². The summed E-state index contributed by atoms with van der Waals surface area (Å²) in [6.07, 6.45) is 3.46. The molecular formula is C23H26ClN5O3S. The van der Waals surface area contributed by atoms with Crippen LogP contribution < -0.4 is 5.32 Å². The van der Waals surface area contributed by atoms with Crippen molar-refractivity contribution in [3.63, 3.8) is 0 Å². The van der Waals surface area contributed by atoms with E-state index in [4.69, 9.17) is 11.6 Å². The van der Waals surface area contributed by atoms with Gasteiger partial charge in [-0.15, -0.1) is 0 Å². The number of aryl methyl sites for hydroxylation is 1. The molecule has 1 aliphatic rings. The van der Waals surface area contributed by atoms with Crippen LogP contribution >= 0.6 is 11.6 Å². The number of aromatic nitrogens is 2. The second-order valence-corrected chi connectivity index (χ2v) is 10.5. The van der Waals surface area contributed by atoms with Crippen molar-refractivity contribution in [2.75, 3.05) is 33.2 Å². The third kappa shape index (κ3) is 5.11. The Kier molecular flexibility index (Phi) is 6.85. The fourth-order valence-corrected chi connectivity index (χ4v) is 5.39. The number of nitrogens with zero attached hydrogens (tertiary/aromatic N) is 4. The SMILES string of the molecule is CN1CCN(S(=O)(=O)c2cccc(C(=O)NC(c3ccc(Cl)cc3)c3nccn3C)c2)CC1. The molecule has 0 bridgehead atoms. The van der Waals surface area contributed by atoms with Gasteiger partial charge in [-0.3, -0.25) is 4.79 Å². The molecule has 0 spiro atoms. The van der Waals surface area contributed by atoms with Gasteiger partial charge in [0.1, 0.15) is 11.9 Å². The van der Waals surface area contributed by atoms with Crippen molar-refractivity contribution in [3.05, 3.63) is 82.9 Å². The maximum absolute atomic E-state index is 13.2. The molecule has 1 fully saturated rings. The lowest BCUT2D eigenvalue weighted by Crippen LogP contribution is -2.47. The number of carbonyl (C=O) groups is 1. The molecule has 10 heteroatoms. The average molecular weight is 488 g/mol. The number of carbonyl (C=O) groups excluding carboxylic acids is 1. The third-order valence-electron chi connectivity index (χ3n) is 5.79. The molecular weight excluding hydrogens is 462 g/mol. The molecule has 1 N–H and O–H groups in total. The zero-order valence-electron chi connectivity index (χ0n) is 18.5. The Morgan fingerprint density at radius 1 is 1.06 bits per heavy atom. The van der Waals surface area contributed by atoms with E-state index in [-0.39, 0.29) is 10.5 Å². The van der Waals surface area contributed by atoms with Crippen molar-refractivity contribution in [1.29, 1.82) is 0 Å². The lowest BCUT2D eigenvalue weighted by atomic mass is 10.1. The van der Waals surface area contributed by atoms with E-state index in [2.05, 4.69) is 15.2 Å². The largest absolute Gasteiger partial charge is 0.338 e. The second-order valence-electron chi connectivity index (χ2n) is 8.09. The van der Waals surface area contributed by atoms with Crippen LogP contribution in [0, 0.1) is 0 Å². The van der Waals surface area contributed by atoms with E-state index in [0.717, 1.165) is 5.56 Å².